The van der Waals surface area contributed by atoms with Crippen molar-refractivity contribution in [2.24, 2.45) is 7.05 Å². The van der Waals surface area contributed by atoms with Crippen molar-refractivity contribution in [1.29, 1.82) is 0 Å². The van der Waals surface area contributed by atoms with Crippen LogP contribution in [0.25, 0.3) is 34.5 Å². The van der Waals surface area contributed by atoms with Crippen LogP contribution in [0.2, 0.25) is 10.0 Å². The molecule has 0 spiro atoms. The van der Waals surface area contributed by atoms with Gasteiger partial charge >= 0.3 is 0 Å². The fourth-order valence-electron chi connectivity index (χ4n) is 3.20. The maximum Gasteiger partial charge on any atom is 0.133 e. The second-order valence-corrected chi connectivity index (χ2v) is 7.75. The standard InChI is InChI=1S/C25H20Cl2N2O/c1-29-16-24(22-13-10-20(26)15-23(22)27)28-25(29)14-5-17-3-6-18(7-4-17)19-8-11-21(30-2)12-9-19/h3-16H,1-2H3. The molecule has 0 fully saturated rings. The lowest BCUT2D eigenvalue weighted by Crippen LogP contribution is -1.88. The molecule has 3 nitrogen and oxygen atoms in total. The van der Waals surface area contributed by atoms with Crippen molar-refractivity contribution in [2.45, 2.75) is 0 Å². The van der Waals surface area contributed by atoms with Gasteiger partial charge in [-0.1, -0.05) is 65.7 Å². The molecule has 5 heteroatoms. The van der Waals surface area contributed by atoms with Gasteiger partial charge in [-0.3, -0.25) is 0 Å². The second-order valence-electron chi connectivity index (χ2n) is 6.90. The molecule has 0 radical (unpaired) electrons. The molecule has 150 valence electrons. The van der Waals surface area contributed by atoms with Gasteiger partial charge in [-0.05, 0) is 53.1 Å². The van der Waals surface area contributed by atoms with Crippen LogP contribution in [0.4, 0.5) is 0 Å². The molecule has 0 unspecified atom stereocenters. The van der Waals surface area contributed by atoms with Gasteiger partial charge in [-0.2, -0.15) is 0 Å². The number of aryl methyl sites for hydroxylation is 1. The van der Waals surface area contributed by atoms with Gasteiger partial charge in [0.05, 0.1) is 17.8 Å². The van der Waals surface area contributed by atoms with Crippen LogP contribution >= 0.6 is 23.2 Å². The zero-order valence-electron chi connectivity index (χ0n) is 16.6. The monoisotopic (exact) mass is 434 g/mol. The highest BCUT2D eigenvalue weighted by atomic mass is 35.5. The average molecular weight is 435 g/mol. The Morgan fingerprint density at radius 3 is 2.17 bits per heavy atom. The van der Waals surface area contributed by atoms with E-state index in [1.54, 1.807) is 13.2 Å². The fraction of sp³-hybridized carbons (Fsp3) is 0.0800. The molecule has 0 N–H and O–H groups in total. The summed E-state index contributed by atoms with van der Waals surface area (Å²) in [5.41, 5.74) is 5.08. The van der Waals surface area contributed by atoms with Crippen LogP contribution in [0.15, 0.2) is 72.9 Å². The third kappa shape index (κ3) is 4.43. The van der Waals surface area contributed by atoms with Crippen LogP contribution in [0.1, 0.15) is 11.4 Å². The number of imidazole rings is 1. The van der Waals surface area contributed by atoms with E-state index >= 15 is 0 Å². The van der Waals surface area contributed by atoms with E-state index in [2.05, 4.69) is 36.4 Å². The van der Waals surface area contributed by atoms with E-state index in [-0.39, 0.29) is 0 Å². The third-order valence-electron chi connectivity index (χ3n) is 4.88. The van der Waals surface area contributed by atoms with Gasteiger partial charge < -0.3 is 9.30 Å². The summed E-state index contributed by atoms with van der Waals surface area (Å²) in [7, 11) is 3.64. The van der Waals surface area contributed by atoms with E-state index in [1.807, 2.05) is 54.2 Å². The second kappa shape index (κ2) is 8.78. The van der Waals surface area contributed by atoms with Crippen LogP contribution in [0.5, 0.6) is 5.75 Å². The van der Waals surface area contributed by atoms with Crippen LogP contribution in [-0.4, -0.2) is 16.7 Å². The first kappa shape index (κ1) is 20.3. The molecule has 4 aromatic rings. The average Bonchev–Trinajstić information content (AvgIpc) is 3.13. The van der Waals surface area contributed by atoms with Crippen molar-refractivity contribution in [1.82, 2.24) is 9.55 Å². The molecule has 0 amide bonds. The maximum absolute atomic E-state index is 6.32. The van der Waals surface area contributed by atoms with E-state index in [9.17, 15) is 0 Å². The Labute approximate surface area is 186 Å². The molecule has 0 aliphatic rings. The normalized spacial score (nSPS) is 11.2. The molecule has 0 saturated heterocycles. The number of halogens is 2. The lowest BCUT2D eigenvalue weighted by Gasteiger charge is -2.04. The van der Waals surface area contributed by atoms with Crippen molar-refractivity contribution in [2.75, 3.05) is 7.11 Å². The van der Waals surface area contributed by atoms with Gasteiger partial charge in [-0.25, -0.2) is 4.98 Å². The summed E-state index contributed by atoms with van der Waals surface area (Å²) < 4.78 is 7.19. The lowest BCUT2D eigenvalue weighted by atomic mass is 10.0. The van der Waals surface area contributed by atoms with Crippen LogP contribution < -0.4 is 4.74 Å². The minimum absolute atomic E-state index is 0.588. The number of nitrogens with zero attached hydrogens (tertiary/aromatic N) is 2. The molecule has 4 rings (SSSR count). The highest BCUT2D eigenvalue weighted by Crippen LogP contribution is 2.30. The lowest BCUT2D eigenvalue weighted by molar-refractivity contribution is 0.415. The first-order valence-corrected chi connectivity index (χ1v) is 10.2. The molecule has 1 heterocycles. The first-order valence-electron chi connectivity index (χ1n) is 9.45. The summed E-state index contributed by atoms with van der Waals surface area (Å²) >= 11 is 12.3. The topological polar surface area (TPSA) is 27.1 Å². The first-order chi connectivity index (χ1) is 14.5. The van der Waals surface area contributed by atoms with Gasteiger partial charge in [-0.15, -0.1) is 0 Å². The summed E-state index contributed by atoms with van der Waals surface area (Å²) in [6, 6.07) is 21.9. The van der Waals surface area contributed by atoms with Crippen molar-refractivity contribution < 1.29 is 4.74 Å². The Morgan fingerprint density at radius 2 is 1.53 bits per heavy atom. The van der Waals surface area contributed by atoms with E-state index in [0.29, 0.717) is 10.0 Å². The Balaban J connectivity index is 1.53. The van der Waals surface area contributed by atoms with Crippen molar-refractivity contribution >= 4 is 35.4 Å². The zero-order chi connectivity index (χ0) is 21.1. The predicted octanol–water partition coefficient (Wildman–Crippen LogP) is 7.24. The molecular formula is C25H20Cl2N2O. The molecule has 0 aliphatic heterocycles. The largest absolute Gasteiger partial charge is 0.497 e. The summed E-state index contributed by atoms with van der Waals surface area (Å²) in [5, 5.41) is 1.20. The Hall–Kier alpha value is -3.01. The molecule has 1 aromatic heterocycles. The third-order valence-corrected chi connectivity index (χ3v) is 5.43. The SMILES string of the molecule is COc1ccc(-c2ccc(C=Cc3nc(-c4ccc(Cl)cc4Cl)cn3C)cc2)cc1. The molecule has 30 heavy (non-hydrogen) atoms. The molecule has 0 saturated carbocycles. The van der Waals surface area contributed by atoms with E-state index in [4.69, 9.17) is 32.9 Å². The van der Waals surface area contributed by atoms with E-state index in [0.717, 1.165) is 39.5 Å². The molecule has 0 bridgehead atoms. The van der Waals surface area contributed by atoms with Crippen molar-refractivity contribution in [3.05, 3.63) is 94.4 Å². The van der Waals surface area contributed by atoms with Gasteiger partial charge in [0.2, 0.25) is 0 Å². The highest BCUT2D eigenvalue weighted by Gasteiger charge is 2.09. The Kier molecular flexibility index (Phi) is 5.93. The summed E-state index contributed by atoms with van der Waals surface area (Å²) in [6.07, 6.45) is 6.00. The fourth-order valence-corrected chi connectivity index (χ4v) is 3.71. The minimum Gasteiger partial charge on any atom is -0.497 e. The highest BCUT2D eigenvalue weighted by molar-refractivity contribution is 6.36. The maximum atomic E-state index is 6.32. The number of methoxy groups -OCH3 is 1. The summed E-state index contributed by atoms with van der Waals surface area (Å²) in [5.74, 6) is 1.70. The smallest absolute Gasteiger partial charge is 0.133 e. The molecular weight excluding hydrogens is 415 g/mol. The summed E-state index contributed by atoms with van der Waals surface area (Å²) in [4.78, 5) is 4.70. The van der Waals surface area contributed by atoms with E-state index < -0.39 is 0 Å². The predicted molar refractivity (Wildman–Crippen MR) is 126 cm³/mol. The number of aromatic nitrogens is 2. The van der Waals surface area contributed by atoms with Gasteiger partial charge in [0.25, 0.3) is 0 Å². The molecule has 0 atom stereocenters. The molecule has 0 aliphatic carbocycles. The van der Waals surface area contributed by atoms with Crippen LogP contribution in [0.3, 0.4) is 0 Å². The quantitative estimate of drug-likeness (QED) is 0.330. The zero-order valence-corrected chi connectivity index (χ0v) is 18.2. The van der Waals surface area contributed by atoms with Gasteiger partial charge in [0, 0.05) is 23.8 Å². The number of rotatable bonds is 5. The number of hydrogen-bond donors (Lipinski definition) is 0. The van der Waals surface area contributed by atoms with Gasteiger partial charge in [0.1, 0.15) is 11.6 Å². The van der Waals surface area contributed by atoms with Crippen molar-refractivity contribution in [3.63, 3.8) is 0 Å². The van der Waals surface area contributed by atoms with Crippen LogP contribution in [0, 0.1) is 0 Å². The number of benzene rings is 3. The molecule has 3 aromatic carbocycles. The Bertz CT molecular complexity index is 1190. The minimum atomic E-state index is 0.588. The van der Waals surface area contributed by atoms with Gasteiger partial charge in [0.15, 0.2) is 0 Å². The van der Waals surface area contributed by atoms with Crippen LogP contribution in [-0.2, 0) is 7.05 Å². The Morgan fingerprint density at radius 1 is 0.867 bits per heavy atom. The summed E-state index contributed by atoms with van der Waals surface area (Å²) in [6.45, 7) is 0. The number of hydrogen-bond acceptors (Lipinski definition) is 2. The number of ether oxygens (including phenoxy) is 1. The van der Waals surface area contributed by atoms with E-state index in [1.165, 1.54) is 0 Å². The van der Waals surface area contributed by atoms with Crippen molar-refractivity contribution in [3.8, 4) is 28.1 Å².